The summed E-state index contributed by atoms with van der Waals surface area (Å²) in [5, 5.41) is 3.67. The normalized spacial score (nSPS) is 25.1. The molecule has 3 heteroatoms. The van der Waals surface area contributed by atoms with Crippen LogP contribution in [0.3, 0.4) is 0 Å². The number of nitrogens with one attached hydrogen (secondary N) is 1. The number of rotatable bonds is 4. The molecule has 0 saturated carbocycles. The van der Waals surface area contributed by atoms with Gasteiger partial charge in [0.15, 0.2) is 0 Å². The molecule has 0 bridgehead atoms. The summed E-state index contributed by atoms with van der Waals surface area (Å²) in [7, 11) is 1.72. The van der Waals surface area contributed by atoms with Crippen molar-refractivity contribution in [1.29, 1.82) is 0 Å². The zero-order valence-corrected chi connectivity index (χ0v) is 11.7. The van der Waals surface area contributed by atoms with Gasteiger partial charge in [-0.15, -0.1) is 0 Å². The average molecular weight is 249 g/mol. The van der Waals surface area contributed by atoms with Gasteiger partial charge < -0.3 is 14.8 Å². The third kappa shape index (κ3) is 2.85. The maximum Gasteiger partial charge on any atom is 0.123 e. The molecule has 0 aromatic heterocycles. The van der Waals surface area contributed by atoms with Crippen molar-refractivity contribution in [2.75, 3.05) is 20.3 Å². The lowest BCUT2D eigenvalue weighted by molar-refractivity contribution is 0.167. The number of benzene rings is 1. The quantitative estimate of drug-likeness (QED) is 0.890. The van der Waals surface area contributed by atoms with E-state index in [4.69, 9.17) is 9.47 Å². The van der Waals surface area contributed by atoms with Crippen LogP contribution in [0.15, 0.2) is 18.2 Å². The van der Waals surface area contributed by atoms with Crippen LogP contribution in [0.1, 0.15) is 37.4 Å². The summed E-state index contributed by atoms with van der Waals surface area (Å²) in [5.41, 5.74) is 2.55. The highest BCUT2D eigenvalue weighted by Crippen LogP contribution is 2.29. The molecule has 1 saturated heterocycles. The van der Waals surface area contributed by atoms with Gasteiger partial charge in [-0.3, -0.25) is 0 Å². The van der Waals surface area contributed by atoms with E-state index in [1.54, 1.807) is 7.11 Å². The molecule has 100 valence electrons. The van der Waals surface area contributed by atoms with Gasteiger partial charge in [-0.2, -0.15) is 0 Å². The maximum absolute atomic E-state index is 5.48. The molecule has 1 fully saturated rings. The van der Waals surface area contributed by atoms with Crippen LogP contribution < -0.4 is 10.1 Å². The van der Waals surface area contributed by atoms with E-state index >= 15 is 0 Å². The Hall–Kier alpha value is -1.06. The Morgan fingerprint density at radius 3 is 2.83 bits per heavy atom. The molecular formula is C15H23NO2. The third-order valence-corrected chi connectivity index (χ3v) is 3.64. The monoisotopic (exact) mass is 249 g/mol. The van der Waals surface area contributed by atoms with Gasteiger partial charge in [0, 0.05) is 23.8 Å². The number of hydrogen-bond donors (Lipinski definition) is 1. The molecule has 3 nitrogen and oxygen atoms in total. The highest BCUT2D eigenvalue weighted by atomic mass is 16.5. The first kappa shape index (κ1) is 13.4. The molecule has 0 aliphatic carbocycles. The highest BCUT2D eigenvalue weighted by Gasteiger charge is 2.31. The first-order valence-electron chi connectivity index (χ1n) is 6.54. The molecule has 0 radical (unpaired) electrons. The topological polar surface area (TPSA) is 30.5 Å². The molecule has 0 amide bonds. The molecule has 2 unspecified atom stereocenters. The van der Waals surface area contributed by atoms with Crippen LogP contribution in [0.4, 0.5) is 0 Å². The van der Waals surface area contributed by atoms with Crippen molar-refractivity contribution in [3.05, 3.63) is 29.3 Å². The Bertz CT molecular complexity index is 411. The van der Waals surface area contributed by atoms with Crippen molar-refractivity contribution in [2.24, 2.45) is 0 Å². The van der Waals surface area contributed by atoms with Crippen molar-refractivity contribution in [3.63, 3.8) is 0 Å². The summed E-state index contributed by atoms with van der Waals surface area (Å²) < 4.78 is 10.9. The van der Waals surface area contributed by atoms with E-state index in [1.807, 2.05) is 6.07 Å². The van der Waals surface area contributed by atoms with Gasteiger partial charge in [-0.05, 0) is 33.3 Å². The van der Waals surface area contributed by atoms with Crippen molar-refractivity contribution in [2.45, 2.75) is 38.8 Å². The predicted octanol–water partition coefficient (Wildman–Crippen LogP) is 2.83. The Labute approximate surface area is 109 Å². The lowest BCUT2D eigenvalue weighted by Crippen LogP contribution is -2.44. The van der Waals surface area contributed by atoms with Crippen LogP contribution in [0.2, 0.25) is 0 Å². The molecule has 2 rings (SSSR count). The van der Waals surface area contributed by atoms with Crippen LogP contribution >= 0.6 is 0 Å². The number of aryl methyl sites for hydroxylation is 1. The lowest BCUT2D eigenvalue weighted by atomic mass is 9.97. The smallest absolute Gasteiger partial charge is 0.123 e. The minimum absolute atomic E-state index is 0.0776. The number of ether oxygens (including phenoxy) is 2. The van der Waals surface area contributed by atoms with Crippen molar-refractivity contribution in [1.82, 2.24) is 5.32 Å². The van der Waals surface area contributed by atoms with Gasteiger partial charge in [0.05, 0.1) is 13.7 Å². The SMILES string of the molecule is COc1ccc(C)cc1C(C)NC1(C)CCOC1. The molecule has 1 N–H and O–H groups in total. The first-order valence-corrected chi connectivity index (χ1v) is 6.54. The zero-order chi connectivity index (χ0) is 13.2. The maximum atomic E-state index is 5.48. The lowest BCUT2D eigenvalue weighted by Gasteiger charge is -2.29. The van der Waals surface area contributed by atoms with Gasteiger partial charge in [0.25, 0.3) is 0 Å². The van der Waals surface area contributed by atoms with Crippen molar-refractivity contribution >= 4 is 0 Å². The Morgan fingerprint density at radius 2 is 2.22 bits per heavy atom. The number of hydrogen-bond acceptors (Lipinski definition) is 3. The van der Waals surface area contributed by atoms with Crippen LogP contribution in [0.25, 0.3) is 0 Å². The number of methoxy groups -OCH3 is 1. The van der Waals surface area contributed by atoms with Crippen LogP contribution in [-0.2, 0) is 4.74 Å². The zero-order valence-electron chi connectivity index (χ0n) is 11.7. The second-order valence-electron chi connectivity index (χ2n) is 5.47. The van der Waals surface area contributed by atoms with E-state index < -0.39 is 0 Å². The van der Waals surface area contributed by atoms with Crippen molar-refractivity contribution < 1.29 is 9.47 Å². The molecular weight excluding hydrogens is 226 g/mol. The average Bonchev–Trinajstić information content (AvgIpc) is 2.75. The van der Waals surface area contributed by atoms with Crippen LogP contribution in [0, 0.1) is 6.92 Å². The first-order chi connectivity index (χ1) is 8.54. The molecule has 1 heterocycles. The van der Waals surface area contributed by atoms with E-state index in [9.17, 15) is 0 Å². The fourth-order valence-corrected chi connectivity index (χ4v) is 2.57. The summed E-state index contributed by atoms with van der Waals surface area (Å²) in [4.78, 5) is 0. The minimum atomic E-state index is 0.0776. The van der Waals surface area contributed by atoms with E-state index in [0.29, 0.717) is 0 Å². The molecule has 1 aliphatic heterocycles. The minimum Gasteiger partial charge on any atom is -0.496 e. The Morgan fingerprint density at radius 1 is 1.44 bits per heavy atom. The van der Waals surface area contributed by atoms with Gasteiger partial charge in [0.1, 0.15) is 5.75 Å². The third-order valence-electron chi connectivity index (χ3n) is 3.64. The Balaban J connectivity index is 2.17. The summed E-state index contributed by atoms with van der Waals surface area (Å²) in [6.07, 6.45) is 1.06. The van der Waals surface area contributed by atoms with E-state index in [-0.39, 0.29) is 11.6 Å². The van der Waals surface area contributed by atoms with Crippen LogP contribution in [0.5, 0.6) is 5.75 Å². The molecule has 2 atom stereocenters. The van der Waals surface area contributed by atoms with Gasteiger partial charge in [-0.25, -0.2) is 0 Å². The van der Waals surface area contributed by atoms with Crippen molar-refractivity contribution in [3.8, 4) is 5.75 Å². The molecule has 1 aliphatic rings. The van der Waals surface area contributed by atoms with Gasteiger partial charge >= 0.3 is 0 Å². The standard InChI is InChI=1S/C15H23NO2/c1-11-5-6-14(17-4)13(9-11)12(2)16-15(3)7-8-18-10-15/h5-6,9,12,16H,7-8,10H2,1-4H3. The second-order valence-corrected chi connectivity index (χ2v) is 5.47. The summed E-state index contributed by atoms with van der Waals surface area (Å²) in [6, 6.07) is 6.56. The molecule has 18 heavy (non-hydrogen) atoms. The van der Waals surface area contributed by atoms with E-state index in [1.165, 1.54) is 11.1 Å². The Kier molecular flexibility index (Phi) is 3.93. The van der Waals surface area contributed by atoms with Crippen LogP contribution in [-0.4, -0.2) is 25.9 Å². The summed E-state index contributed by atoms with van der Waals surface area (Å²) in [6.45, 7) is 8.14. The highest BCUT2D eigenvalue weighted by molar-refractivity contribution is 5.39. The summed E-state index contributed by atoms with van der Waals surface area (Å²) >= 11 is 0. The molecule has 0 spiro atoms. The fraction of sp³-hybridized carbons (Fsp3) is 0.600. The second kappa shape index (κ2) is 5.29. The molecule has 1 aromatic carbocycles. The largest absolute Gasteiger partial charge is 0.496 e. The van der Waals surface area contributed by atoms with E-state index in [2.05, 4.69) is 38.2 Å². The summed E-state index contributed by atoms with van der Waals surface area (Å²) in [5.74, 6) is 0.947. The predicted molar refractivity (Wildman–Crippen MR) is 73.1 cm³/mol. The van der Waals surface area contributed by atoms with Gasteiger partial charge in [-0.1, -0.05) is 17.7 Å². The fourth-order valence-electron chi connectivity index (χ4n) is 2.57. The molecule has 1 aromatic rings. The van der Waals surface area contributed by atoms with Gasteiger partial charge in [0.2, 0.25) is 0 Å². The van der Waals surface area contributed by atoms with E-state index in [0.717, 1.165) is 25.4 Å².